The highest BCUT2D eigenvalue weighted by atomic mass is 16.5. The summed E-state index contributed by atoms with van der Waals surface area (Å²) >= 11 is 0. The minimum absolute atomic E-state index is 0.242. The number of ether oxygens (including phenoxy) is 1. The van der Waals surface area contributed by atoms with Gasteiger partial charge in [-0.1, -0.05) is 20.8 Å². The van der Waals surface area contributed by atoms with E-state index in [1.807, 2.05) is 45.2 Å². The van der Waals surface area contributed by atoms with Crippen LogP contribution in [-0.4, -0.2) is 17.9 Å². The normalized spacial score (nSPS) is 11.8. The maximum atomic E-state index is 12.1. The third-order valence-corrected chi connectivity index (χ3v) is 3.16. The molecule has 1 aromatic carbocycles. The molecule has 0 fully saturated rings. The molecule has 0 amide bonds. The number of aromatic amines is 1. The summed E-state index contributed by atoms with van der Waals surface area (Å²) in [5, 5.41) is 1.06. The van der Waals surface area contributed by atoms with Crippen LogP contribution in [0.1, 0.15) is 26.3 Å². The summed E-state index contributed by atoms with van der Waals surface area (Å²) in [4.78, 5) is 15.3. The van der Waals surface area contributed by atoms with E-state index in [4.69, 9.17) is 4.74 Å². The van der Waals surface area contributed by atoms with Gasteiger partial charge in [-0.2, -0.15) is 0 Å². The number of nitrogens with one attached hydrogen (secondary N) is 1. The Labute approximate surface area is 107 Å². The summed E-state index contributed by atoms with van der Waals surface area (Å²) < 4.78 is 5.22. The minimum atomic E-state index is -0.303. The van der Waals surface area contributed by atoms with Crippen molar-refractivity contribution in [2.24, 2.45) is 5.41 Å². The Morgan fingerprint density at radius 1 is 1.33 bits per heavy atom. The number of rotatable bonds is 3. The predicted molar refractivity (Wildman–Crippen MR) is 73.0 cm³/mol. The van der Waals surface area contributed by atoms with Crippen LogP contribution in [0.15, 0.2) is 24.4 Å². The van der Waals surface area contributed by atoms with Gasteiger partial charge >= 0.3 is 0 Å². The quantitative estimate of drug-likeness (QED) is 0.901. The average Bonchev–Trinajstić information content (AvgIpc) is 2.70. The van der Waals surface area contributed by atoms with E-state index in [9.17, 15) is 4.79 Å². The summed E-state index contributed by atoms with van der Waals surface area (Å²) in [5.41, 5.74) is 1.76. The van der Waals surface area contributed by atoms with E-state index in [0.29, 0.717) is 6.42 Å². The van der Waals surface area contributed by atoms with E-state index < -0.39 is 0 Å². The monoisotopic (exact) mass is 245 g/mol. The van der Waals surface area contributed by atoms with Crippen molar-refractivity contribution in [3.63, 3.8) is 0 Å². The first kappa shape index (κ1) is 12.7. The van der Waals surface area contributed by atoms with Crippen molar-refractivity contribution in [3.8, 4) is 5.75 Å². The maximum absolute atomic E-state index is 12.1. The molecule has 0 atom stereocenters. The fraction of sp³-hybridized carbons (Fsp3) is 0.400. The van der Waals surface area contributed by atoms with Crippen LogP contribution in [0.3, 0.4) is 0 Å². The number of aromatic nitrogens is 1. The number of Topliss-reactive ketones (excluding diaryl/α,β-unsaturated/α-hetero) is 1. The number of hydrogen-bond donors (Lipinski definition) is 1. The maximum Gasteiger partial charge on any atom is 0.142 e. The summed E-state index contributed by atoms with van der Waals surface area (Å²) in [6.07, 6.45) is 2.37. The largest absolute Gasteiger partial charge is 0.497 e. The molecule has 2 rings (SSSR count). The molecule has 0 unspecified atom stereocenters. The molecule has 96 valence electrons. The molecule has 0 aliphatic heterocycles. The van der Waals surface area contributed by atoms with Crippen LogP contribution in [0.25, 0.3) is 10.9 Å². The molecule has 1 N–H and O–H groups in total. The third-order valence-electron chi connectivity index (χ3n) is 3.16. The third kappa shape index (κ3) is 2.40. The number of carbonyl (C=O) groups excluding carboxylic acids is 1. The summed E-state index contributed by atoms with van der Waals surface area (Å²) in [6, 6.07) is 5.85. The Hall–Kier alpha value is -1.77. The summed E-state index contributed by atoms with van der Waals surface area (Å²) in [7, 11) is 1.65. The number of benzene rings is 1. The van der Waals surface area contributed by atoms with E-state index in [0.717, 1.165) is 22.2 Å². The molecule has 18 heavy (non-hydrogen) atoms. The zero-order valence-electron chi connectivity index (χ0n) is 11.3. The second-order valence-electron chi connectivity index (χ2n) is 5.58. The molecule has 3 nitrogen and oxygen atoms in total. The molecule has 0 aliphatic rings. The molecule has 2 aromatic rings. The van der Waals surface area contributed by atoms with Crippen LogP contribution in [0.5, 0.6) is 5.75 Å². The van der Waals surface area contributed by atoms with Crippen LogP contribution in [-0.2, 0) is 11.2 Å². The summed E-state index contributed by atoms with van der Waals surface area (Å²) in [6.45, 7) is 5.85. The van der Waals surface area contributed by atoms with Gasteiger partial charge in [0.05, 0.1) is 7.11 Å². The van der Waals surface area contributed by atoms with Crippen LogP contribution in [0.2, 0.25) is 0 Å². The zero-order chi connectivity index (χ0) is 13.3. The van der Waals surface area contributed by atoms with Gasteiger partial charge in [-0.05, 0) is 23.8 Å². The number of methoxy groups -OCH3 is 1. The first-order chi connectivity index (χ1) is 8.41. The smallest absolute Gasteiger partial charge is 0.142 e. The number of fused-ring (bicyclic) bond motifs is 1. The van der Waals surface area contributed by atoms with Crippen molar-refractivity contribution in [1.82, 2.24) is 4.98 Å². The number of ketones is 1. The van der Waals surface area contributed by atoms with E-state index in [-0.39, 0.29) is 11.2 Å². The Balaban J connectivity index is 2.37. The number of H-pyrrole nitrogens is 1. The molecule has 3 heteroatoms. The molecule has 1 heterocycles. The van der Waals surface area contributed by atoms with Gasteiger partial charge in [0.25, 0.3) is 0 Å². The van der Waals surface area contributed by atoms with Crippen LogP contribution < -0.4 is 4.74 Å². The second-order valence-corrected chi connectivity index (χ2v) is 5.58. The molecule has 0 saturated carbocycles. The van der Waals surface area contributed by atoms with Gasteiger partial charge in [0.2, 0.25) is 0 Å². The molecule has 0 radical (unpaired) electrons. The highest BCUT2D eigenvalue weighted by Crippen LogP contribution is 2.26. The SMILES string of the molecule is COc1ccc2[nH]cc(CC(=O)C(C)(C)C)c2c1. The highest BCUT2D eigenvalue weighted by molar-refractivity contribution is 5.92. The molecular formula is C15H19NO2. The predicted octanol–water partition coefficient (Wildman–Crippen LogP) is 3.33. The van der Waals surface area contributed by atoms with Gasteiger partial charge in [-0.15, -0.1) is 0 Å². The molecule has 0 spiro atoms. The van der Waals surface area contributed by atoms with Gasteiger partial charge in [-0.3, -0.25) is 4.79 Å². The lowest BCUT2D eigenvalue weighted by molar-refractivity contribution is -0.125. The lowest BCUT2D eigenvalue weighted by atomic mass is 9.87. The number of hydrogen-bond acceptors (Lipinski definition) is 2. The Kier molecular flexibility index (Phi) is 3.16. The van der Waals surface area contributed by atoms with E-state index in [2.05, 4.69) is 4.98 Å². The van der Waals surface area contributed by atoms with Crippen molar-refractivity contribution in [2.45, 2.75) is 27.2 Å². The van der Waals surface area contributed by atoms with Crippen LogP contribution in [0.4, 0.5) is 0 Å². The fourth-order valence-corrected chi connectivity index (χ4v) is 1.87. The molecule has 0 aliphatic carbocycles. The second kappa shape index (κ2) is 4.48. The fourth-order valence-electron chi connectivity index (χ4n) is 1.87. The van der Waals surface area contributed by atoms with Gasteiger partial charge in [0, 0.05) is 28.9 Å². The van der Waals surface area contributed by atoms with Gasteiger partial charge in [0.15, 0.2) is 0 Å². The number of carbonyl (C=O) groups is 1. The van der Waals surface area contributed by atoms with E-state index in [1.54, 1.807) is 7.11 Å². The van der Waals surface area contributed by atoms with Gasteiger partial charge in [0.1, 0.15) is 11.5 Å². The standard InChI is InChI=1S/C15H19NO2/c1-15(2,3)14(17)7-10-9-16-13-6-5-11(18-4)8-12(10)13/h5-6,8-9,16H,7H2,1-4H3. The highest BCUT2D eigenvalue weighted by Gasteiger charge is 2.22. The van der Waals surface area contributed by atoms with E-state index >= 15 is 0 Å². The average molecular weight is 245 g/mol. The first-order valence-corrected chi connectivity index (χ1v) is 6.09. The lowest BCUT2D eigenvalue weighted by Crippen LogP contribution is -2.21. The van der Waals surface area contributed by atoms with Crippen molar-refractivity contribution >= 4 is 16.7 Å². The van der Waals surface area contributed by atoms with Crippen molar-refractivity contribution < 1.29 is 9.53 Å². The van der Waals surface area contributed by atoms with Crippen molar-refractivity contribution in [2.75, 3.05) is 7.11 Å². The molecule has 1 aromatic heterocycles. The first-order valence-electron chi connectivity index (χ1n) is 6.09. The molecular weight excluding hydrogens is 226 g/mol. The lowest BCUT2D eigenvalue weighted by Gasteiger charge is -2.16. The van der Waals surface area contributed by atoms with Crippen LogP contribution in [0, 0.1) is 5.41 Å². The minimum Gasteiger partial charge on any atom is -0.497 e. The topological polar surface area (TPSA) is 42.1 Å². The summed E-state index contributed by atoms with van der Waals surface area (Å²) in [5.74, 6) is 1.05. The van der Waals surface area contributed by atoms with Gasteiger partial charge in [-0.25, -0.2) is 0 Å². The Morgan fingerprint density at radius 3 is 2.67 bits per heavy atom. The Morgan fingerprint density at radius 2 is 2.06 bits per heavy atom. The van der Waals surface area contributed by atoms with Crippen molar-refractivity contribution in [3.05, 3.63) is 30.0 Å². The molecule has 0 bridgehead atoms. The van der Waals surface area contributed by atoms with E-state index in [1.165, 1.54) is 0 Å². The Bertz CT molecular complexity index is 576. The molecule has 0 saturated heterocycles. The van der Waals surface area contributed by atoms with Crippen molar-refractivity contribution in [1.29, 1.82) is 0 Å². The van der Waals surface area contributed by atoms with Gasteiger partial charge < -0.3 is 9.72 Å². The zero-order valence-corrected chi connectivity index (χ0v) is 11.3. The van der Waals surface area contributed by atoms with Crippen LogP contribution >= 0.6 is 0 Å².